The predicted octanol–water partition coefficient (Wildman–Crippen LogP) is 4.50. The lowest BCUT2D eigenvalue weighted by atomic mass is 9.94. The predicted molar refractivity (Wildman–Crippen MR) is 94.1 cm³/mol. The molecule has 1 aromatic heterocycles. The second-order valence-electron chi connectivity index (χ2n) is 6.74. The summed E-state index contributed by atoms with van der Waals surface area (Å²) in [7, 11) is 0. The lowest BCUT2D eigenvalue weighted by Crippen LogP contribution is -2.38. The van der Waals surface area contributed by atoms with Gasteiger partial charge in [-0.05, 0) is 62.9 Å². The molecule has 0 spiro atoms. The summed E-state index contributed by atoms with van der Waals surface area (Å²) in [4.78, 5) is 14.9. The molecule has 1 aliphatic rings. The third kappa shape index (κ3) is 3.10. The highest BCUT2D eigenvalue weighted by Gasteiger charge is 2.25. The number of likely N-dealkylation sites (tertiary alicyclic amines) is 1. The Hall–Kier alpha value is -2.10. The van der Waals surface area contributed by atoms with Crippen LogP contribution < -0.4 is 0 Å². The van der Waals surface area contributed by atoms with Crippen LogP contribution in [0.4, 0.5) is 4.39 Å². The maximum atomic E-state index is 13.2. The van der Waals surface area contributed by atoms with Crippen LogP contribution in [-0.2, 0) is 0 Å². The van der Waals surface area contributed by atoms with Crippen molar-refractivity contribution in [1.29, 1.82) is 0 Å². The third-order valence-electron chi connectivity index (χ3n) is 5.23. The van der Waals surface area contributed by atoms with Gasteiger partial charge in [0.15, 0.2) is 0 Å². The number of aryl methyl sites for hydroxylation is 1. The molecule has 1 aliphatic heterocycles. The second kappa shape index (κ2) is 6.80. The molecule has 2 aromatic rings. The molecule has 0 atom stereocenters. The van der Waals surface area contributed by atoms with E-state index in [1.165, 1.54) is 18.6 Å². The van der Waals surface area contributed by atoms with Gasteiger partial charge in [0.25, 0.3) is 5.91 Å². The number of hydrogen-bond acceptors (Lipinski definition) is 1. The summed E-state index contributed by atoms with van der Waals surface area (Å²) in [6, 6.07) is 8.34. The normalized spacial score (nSPS) is 15.8. The number of carbonyl (C=O) groups is 1. The van der Waals surface area contributed by atoms with Gasteiger partial charge in [0.2, 0.25) is 0 Å². The number of piperidine rings is 1. The van der Waals surface area contributed by atoms with Crippen molar-refractivity contribution in [3.63, 3.8) is 0 Å². The summed E-state index contributed by atoms with van der Waals surface area (Å²) in [5.74, 6) is 0.614. The van der Waals surface area contributed by atoms with Crippen LogP contribution in [0.1, 0.15) is 47.9 Å². The molecule has 2 heterocycles. The zero-order chi connectivity index (χ0) is 17.3. The van der Waals surface area contributed by atoms with Crippen molar-refractivity contribution in [2.75, 3.05) is 13.1 Å². The number of amides is 1. The molecule has 0 radical (unpaired) electrons. The number of hydrogen-bond donors (Lipinski definition) is 0. The van der Waals surface area contributed by atoms with E-state index in [1.54, 1.807) is 12.1 Å². The van der Waals surface area contributed by atoms with Gasteiger partial charge >= 0.3 is 0 Å². The summed E-state index contributed by atoms with van der Waals surface area (Å²) >= 11 is 0. The van der Waals surface area contributed by atoms with Crippen LogP contribution in [0.3, 0.4) is 0 Å². The Morgan fingerprint density at radius 2 is 1.79 bits per heavy atom. The molecule has 1 amide bonds. The number of nitrogens with zero attached hydrogens (tertiary/aromatic N) is 2. The molecule has 3 nitrogen and oxygen atoms in total. The van der Waals surface area contributed by atoms with Gasteiger partial charge in [-0.25, -0.2) is 4.39 Å². The van der Waals surface area contributed by atoms with Gasteiger partial charge in [-0.15, -0.1) is 0 Å². The Bertz CT molecular complexity index is 725. The summed E-state index contributed by atoms with van der Waals surface area (Å²) in [5.41, 5.74) is 3.55. The smallest absolute Gasteiger partial charge is 0.255 e. The van der Waals surface area contributed by atoms with Gasteiger partial charge in [0.1, 0.15) is 5.82 Å². The quantitative estimate of drug-likeness (QED) is 0.814. The average Bonchev–Trinajstić information content (AvgIpc) is 2.90. The first-order valence-corrected chi connectivity index (χ1v) is 8.75. The van der Waals surface area contributed by atoms with Gasteiger partial charge < -0.3 is 9.47 Å². The van der Waals surface area contributed by atoms with Crippen molar-refractivity contribution in [2.24, 2.45) is 5.92 Å². The SMILES string of the molecule is CCC1CCN(C(=O)c2cc(C)n(-c3ccc(F)cc3)c2C)CC1. The maximum Gasteiger partial charge on any atom is 0.255 e. The van der Waals surface area contributed by atoms with E-state index in [0.717, 1.165) is 54.5 Å². The van der Waals surface area contributed by atoms with Gasteiger partial charge in [-0.1, -0.05) is 13.3 Å². The lowest BCUT2D eigenvalue weighted by Gasteiger charge is -2.31. The van der Waals surface area contributed by atoms with Crippen LogP contribution in [0.25, 0.3) is 5.69 Å². The number of benzene rings is 1. The highest BCUT2D eigenvalue weighted by molar-refractivity contribution is 5.96. The van der Waals surface area contributed by atoms with Gasteiger partial charge in [0.05, 0.1) is 5.56 Å². The first-order valence-electron chi connectivity index (χ1n) is 8.75. The number of carbonyl (C=O) groups excluding carboxylic acids is 1. The summed E-state index contributed by atoms with van der Waals surface area (Å²) in [6.45, 7) is 7.85. The molecule has 0 unspecified atom stereocenters. The van der Waals surface area contributed by atoms with Crippen molar-refractivity contribution in [3.05, 3.63) is 53.1 Å². The molecule has 1 aromatic carbocycles. The van der Waals surface area contributed by atoms with Gasteiger partial charge in [-0.3, -0.25) is 4.79 Å². The molecule has 24 heavy (non-hydrogen) atoms. The topological polar surface area (TPSA) is 25.2 Å². The number of halogens is 1. The first kappa shape index (κ1) is 16.7. The molecule has 0 N–H and O–H groups in total. The average molecular weight is 328 g/mol. The maximum absolute atomic E-state index is 13.2. The molecular weight excluding hydrogens is 303 g/mol. The van der Waals surface area contributed by atoms with Crippen LogP contribution >= 0.6 is 0 Å². The van der Waals surface area contributed by atoms with E-state index in [1.807, 2.05) is 29.4 Å². The molecule has 3 rings (SSSR count). The van der Waals surface area contributed by atoms with Crippen molar-refractivity contribution < 1.29 is 9.18 Å². The molecular formula is C20H25FN2O. The van der Waals surface area contributed by atoms with E-state index in [9.17, 15) is 9.18 Å². The van der Waals surface area contributed by atoms with E-state index in [4.69, 9.17) is 0 Å². The Morgan fingerprint density at radius 3 is 2.38 bits per heavy atom. The Kier molecular flexibility index (Phi) is 4.74. The third-order valence-corrected chi connectivity index (χ3v) is 5.23. The van der Waals surface area contributed by atoms with E-state index in [-0.39, 0.29) is 11.7 Å². The fourth-order valence-electron chi connectivity index (χ4n) is 3.68. The Balaban J connectivity index is 1.86. The van der Waals surface area contributed by atoms with Crippen molar-refractivity contribution in [2.45, 2.75) is 40.0 Å². The van der Waals surface area contributed by atoms with Crippen molar-refractivity contribution in [3.8, 4) is 5.69 Å². The largest absolute Gasteiger partial charge is 0.339 e. The molecule has 128 valence electrons. The summed E-state index contributed by atoms with van der Waals surface area (Å²) in [6.07, 6.45) is 3.39. The summed E-state index contributed by atoms with van der Waals surface area (Å²) < 4.78 is 15.2. The molecule has 0 aliphatic carbocycles. The van der Waals surface area contributed by atoms with E-state index < -0.39 is 0 Å². The molecule has 1 saturated heterocycles. The van der Waals surface area contributed by atoms with Crippen LogP contribution in [-0.4, -0.2) is 28.5 Å². The monoisotopic (exact) mass is 328 g/mol. The van der Waals surface area contributed by atoms with Gasteiger partial charge in [0, 0.05) is 30.2 Å². The highest BCUT2D eigenvalue weighted by atomic mass is 19.1. The minimum atomic E-state index is -0.253. The fraction of sp³-hybridized carbons (Fsp3) is 0.450. The lowest BCUT2D eigenvalue weighted by molar-refractivity contribution is 0.0688. The van der Waals surface area contributed by atoms with E-state index in [2.05, 4.69) is 6.92 Å². The second-order valence-corrected chi connectivity index (χ2v) is 6.74. The summed E-state index contributed by atoms with van der Waals surface area (Å²) in [5, 5.41) is 0. The van der Waals surface area contributed by atoms with Crippen LogP contribution in [0, 0.1) is 25.6 Å². The number of aromatic nitrogens is 1. The molecule has 1 fully saturated rings. The Morgan fingerprint density at radius 1 is 1.17 bits per heavy atom. The minimum Gasteiger partial charge on any atom is -0.339 e. The fourth-order valence-corrected chi connectivity index (χ4v) is 3.68. The number of rotatable bonds is 3. The zero-order valence-electron chi connectivity index (χ0n) is 14.7. The van der Waals surface area contributed by atoms with E-state index in [0.29, 0.717) is 0 Å². The van der Waals surface area contributed by atoms with Crippen LogP contribution in [0.15, 0.2) is 30.3 Å². The van der Waals surface area contributed by atoms with Crippen molar-refractivity contribution in [1.82, 2.24) is 9.47 Å². The van der Waals surface area contributed by atoms with Crippen LogP contribution in [0.2, 0.25) is 0 Å². The molecule has 0 bridgehead atoms. The molecule has 4 heteroatoms. The van der Waals surface area contributed by atoms with Crippen molar-refractivity contribution >= 4 is 5.91 Å². The molecule has 0 saturated carbocycles. The Labute approximate surface area is 143 Å². The van der Waals surface area contributed by atoms with E-state index >= 15 is 0 Å². The standard InChI is InChI=1S/C20H25FN2O/c1-4-16-9-11-22(12-10-16)20(24)19-13-14(2)23(15(19)3)18-7-5-17(21)6-8-18/h5-8,13,16H,4,9-12H2,1-3H3. The zero-order valence-corrected chi connectivity index (χ0v) is 14.7. The minimum absolute atomic E-state index is 0.117. The van der Waals surface area contributed by atoms with Crippen LogP contribution in [0.5, 0.6) is 0 Å². The van der Waals surface area contributed by atoms with Gasteiger partial charge in [-0.2, -0.15) is 0 Å². The first-order chi connectivity index (χ1) is 11.5. The highest BCUT2D eigenvalue weighted by Crippen LogP contribution is 2.25.